The average Bonchev–Trinajstić information content (AvgIpc) is 2.71. The number of benzene rings is 2. The van der Waals surface area contributed by atoms with Gasteiger partial charge in [0, 0.05) is 12.1 Å². The molecule has 156 valence electrons. The number of amides is 1. The molecule has 1 aliphatic heterocycles. The maximum atomic E-state index is 13.5. The van der Waals surface area contributed by atoms with Crippen molar-refractivity contribution in [2.75, 3.05) is 31.1 Å². The van der Waals surface area contributed by atoms with Crippen LogP contribution in [0.25, 0.3) is 0 Å². The first-order chi connectivity index (χ1) is 13.8. The lowest BCUT2D eigenvalue weighted by Crippen LogP contribution is -3.19. The van der Waals surface area contributed by atoms with E-state index in [1.165, 1.54) is 4.90 Å². The van der Waals surface area contributed by atoms with Gasteiger partial charge in [0.2, 0.25) is 0 Å². The van der Waals surface area contributed by atoms with Crippen LogP contribution in [0.2, 0.25) is 0 Å². The van der Waals surface area contributed by atoms with Crippen LogP contribution < -0.4 is 9.80 Å². The van der Waals surface area contributed by atoms with E-state index in [1.807, 2.05) is 41.3 Å². The maximum Gasteiger partial charge on any atom is 0.281 e. The van der Waals surface area contributed by atoms with E-state index in [-0.39, 0.29) is 17.5 Å². The van der Waals surface area contributed by atoms with Crippen molar-refractivity contribution < 1.29 is 14.8 Å². The minimum absolute atomic E-state index is 0.0931. The van der Waals surface area contributed by atoms with Gasteiger partial charge in [-0.3, -0.25) is 4.79 Å². The summed E-state index contributed by atoms with van der Waals surface area (Å²) in [5, 5.41) is 10.1. The fraction of sp³-hybridized carbons (Fsp3) is 0.458. The van der Waals surface area contributed by atoms with E-state index >= 15 is 0 Å². The van der Waals surface area contributed by atoms with Gasteiger partial charge in [0.05, 0.1) is 31.9 Å². The molecule has 0 radical (unpaired) electrons. The Labute approximate surface area is 174 Å². The number of anilines is 1. The van der Waals surface area contributed by atoms with Gasteiger partial charge >= 0.3 is 0 Å². The summed E-state index contributed by atoms with van der Waals surface area (Å²) in [5.41, 5.74) is 1.80. The molecule has 2 aromatic carbocycles. The number of para-hydroxylation sites is 2. The van der Waals surface area contributed by atoms with E-state index < -0.39 is 0 Å². The van der Waals surface area contributed by atoms with Crippen molar-refractivity contribution in [2.24, 2.45) is 0 Å². The number of phenols is 1. The topological polar surface area (TPSA) is 48.2 Å². The Morgan fingerprint density at radius 3 is 2.24 bits per heavy atom. The highest BCUT2D eigenvalue weighted by atomic mass is 16.3. The molecule has 0 saturated carbocycles. The molecule has 1 saturated heterocycles. The van der Waals surface area contributed by atoms with Crippen molar-refractivity contribution in [2.45, 2.75) is 45.8 Å². The van der Waals surface area contributed by atoms with Crippen LogP contribution in [-0.4, -0.2) is 53.7 Å². The highest BCUT2D eigenvalue weighted by Gasteiger charge is 2.36. The molecular weight excluding hydrogens is 362 g/mol. The van der Waals surface area contributed by atoms with E-state index in [2.05, 4.69) is 44.7 Å². The highest BCUT2D eigenvalue weighted by Crippen LogP contribution is 2.26. The van der Waals surface area contributed by atoms with Gasteiger partial charge in [-0.15, -0.1) is 0 Å². The Hall–Kier alpha value is -2.53. The first kappa shape index (κ1) is 21.2. The number of aromatic hydroxyl groups is 1. The van der Waals surface area contributed by atoms with Crippen LogP contribution in [0.4, 0.5) is 5.69 Å². The molecule has 1 amide bonds. The largest absolute Gasteiger partial charge is 0.506 e. The van der Waals surface area contributed by atoms with Crippen molar-refractivity contribution in [1.82, 2.24) is 4.90 Å². The van der Waals surface area contributed by atoms with Crippen molar-refractivity contribution in [1.29, 1.82) is 0 Å². The standard InChI is InChI=1S/C24H33N3O2/c1-19(23(29)27(24(2,3)4)18-20-10-6-5-7-11-20)25-14-16-26(17-15-25)21-12-8-9-13-22(21)28/h5-13,19,28H,14-18H2,1-4H3/p+1/t19-/m0/s1. The molecule has 5 nitrogen and oxygen atoms in total. The minimum Gasteiger partial charge on any atom is -0.506 e. The zero-order chi connectivity index (χ0) is 21.0. The van der Waals surface area contributed by atoms with Gasteiger partial charge in [0.25, 0.3) is 5.91 Å². The number of carbonyl (C=O) groups excluding carboxylic acids is 1. The van der Waals surface area contributed by atoms with E-state index in [4.69, 9.17) is 0 Å². The first-order valence-electron chi connectivity index (χ1n) is 10.5. The third-order valence-corrected chi connectivity index (χ3v) is 5.87. The van der Waals surface area contributed by atoms with Crippen LogP contribution in [0.3, 0.4) is 0 Å². The van der Waals surface area contributed by atoms with Crippen LogP contribution in [0.1, 0.15) is 33.3 Å². The number of nitrogens with zero attached hydrogens (tertiary/aromatic N) is 2. The highest BCUT2D eigenvalue weighted by molar-refractivity contribution is 5.81. The molecule has 3 rings (SSSR count). The van der Waals surface area contributed by atoms with Gasteiger partial charge in [0.1, 0.15) is 5.75 Å². The molecule has 1 fully saturated rings. The number of carbonyl (C=O) groups is 1. The fourth-order valence-corrected chi connectivity index (χ4v) is 4.02. The van der Waals surface area contributed by atoms with Crippen LogP contribution in [0.5, 0.6) is 5.75 Å². The number of hydrogen-bond acceptors (Lipinski definition) is 3. The Kier molecular flexibility index (Phi) is 6.48. The van der Waals surface area contributed by atoms with Crippen molar-refractivity contribution >= 4 is 11.6 Å². The molecule has 5 heteroatoms. The van der Waals surface area contributed by atoms with E-state index in [0.29, 0.717) is 12.3 Å². The third kappa shape index (κ3) is 5.10. The SMILES string of the molecule is C[C@@H](C(=O)N(Cc1ccccc1)C(C)(C)C)[NH+]1CCN(c2ccccc2O)CC1. The maximum absolute atomic E-state index is 13.5. The number of rotatable bonds is 5. The molecule has 2 aromatic rings. The van der Waals surface area contributed by atoms with Crippen LogP contribution in [-0.2, 0) is 11.3 Å². The van der Waals surface area contributed by atoms with Gasteiger partial charge in [-0.25, -0.2) is 0 Å². The van der Waals surface area contributed by atoms with Crippen LogP contribution >= 0.6 is 0 Å². The summed E-state index contributed by atoms with van der Waals surface area (Å²) in [5.74, 6) is 0.522. The average molecular weight is 397 g/mol. The number of hydrogen-bond donors (Lipinski definition) is 2. The molecule has 0 aliphatic carbocycles. The van der Waals surface area contributed by atoms with Crippen molar-refractivity contribution in [3.8, 4) is 5.75 Å². The summed E-state index contributed by atoms with van der Waals surface area (Å²) >= 11 is 0. The molecule has 1 aliphatic rings. The Bertz CT molecular complexity index is 808. The molecule has 0 unspecified atom stereocenters. The summed E-state index contributed by atoms with van der Waals surface area (Å²) in [6.07, 6.45) is 0. The van der Waals surface area contributed by atoms with Gasteiger partial charge < -0.3 is 19.8 Å². The molecule has 2 N–H and O–H groups in total. The molecular formula is C24H34N3O2+. The molecule has 0 bridgehead atoms. The normalized spacial score (nSPS) is 16.5. The fourth-order valence-electron chi connectivity index (χ4n) is 4.02. The molecule has 1 atom stereocenters. The van der Waals surface area contributed by atoms with Crippen LogP contribution in [0.15, 0.2) is 54.6 Å². The summed E-state index contributed by atoms with van der Waals surface area (Å²) in [6, 6.07) is 17.6. The van der Waals surface area contributed by atoms with E-state index in [1.54, 1.807) is 6.07 Å². The van der Waals surface area contributed by atoms with Gasteiger partial charge in [-0.1, -0.05) is 42.5 Å². The summed E-state index contributed by atoms with van der Waals surface area (Å²) in [4.78, 5) is 19.0. The second-order valence-corrected chi connectivity index (χ2v) is 8.94. The lowest BCUT2D eigenvalue weighted by atomic mass is 10.0. The molecule has 29 heavy (non-hydrogen) atoms. The van der Waals surface area contributed by atoms with Crippen molar-refractivity contribution in [3.05, 3.63) is 60.2 Å². The molecule has 1 heterocycles. The minimum atomic E-state index is -0.238. The number of piperazine rings is 1. The number of nitrogens with one attached hydrogen (secondary N) is 1. The predicted octanol–water partition coefficient (Wildman–Crippen LogP) is 2.31. The van der Waals surface area contributed by atoms with Gasteiger partial charge in [-0.05, 0) is 45.4 Å². The smallest absolute Gasteiger partial charge is 0.281 e. The summed E-state index contributed by atoms with van der Waals surface area (Å²) < 4.78 is 0. The van der Waals surface area contributed by atoms with E-state index in [9.17, 15) is 9.90 Å². The van der Waals surface area contributed by atoms with Gasteiger partial charge in [0.15, 0.2) is 6.04 Å². The summed E-state index contributed by atoms with van der Waals surface area (Å²) in [7, 11) is 0. The zero-order valence-electron chi connectivity index (χ0n) is 18.1. The number of phenolic OH excluding ortho intramolecular Hbond substituents is 1. The monoisotopic (exact) mass is 396 g/mol. The summed E-state index contributed by atoms with van der Waals surface area (Å²) in [6.45, 7) is 12.4. The Morgan fingerprint density at radius 2 is 1.66 bits per heavy atom. The second-order valence-electron chi connectivity index (χ2n) is 8.94. The first-order valence-corrected chi connectivity index (χ1v) is 10.5. The molecule has 0 spiro atoms. The van der Waals surface area contributed by atoms with Gasteiger partial charge in [-0.2, -0.15) is 0 Å². The molecule has 0 aromatic heterocycles. The lowest BCUT2D eigenvalue weighted by molar-refractivity contribution is -0.915. The Balaban J connectivity index is 1.66. The van der Waals surface area contributed by atoms with Crippen LogP contribution in [0, 0.1) is 0 Å². The lowest BCUT2D eigenvalue weighted by Gasteiger charge is -2.41. The zero-order valence-corrected chi connectivity index (χ0v) is 18.1. The predicted molar refractivity (Wildman–Crippen MR) is 117 cm³/mol. The van der Waals surface area contributed by atoms with E-state index in [0.717, 1.165) is 37.4 Å². The number of quaternary nitrogens is 1. The third-order valence-electron chi connectivity index (χ3n) is 5.87. The van der Waals surface area contributed by atoms with Crippen molar-refractivity contribution in [3.63, 3.8) is 0 Å². The Morgan fingerprint density at radius 1 is 1.07 bits per heavy atom. The second kappa shape index (κ2) is 8.87. The quantitative estimate of drug-likeness (QED) is 0.815.